The lowest BCUT2D eigenvalue weighted by Gasteiger charge is -2.28. The van der Waals surface area contributed by atoms with Gasteiger partial charge in [0.2, 0.25) is 0 Å². The van der Waals surface area contributed by atoms with Crippen molar-refractivity contribution in [3.8, 4) is 0 Å². The Kier molecular flexibility index (Phi) is 4.45. The summed E-state index contributed by atoms with van der Waals surface area (Å²) in [6.45, 7) is 10.4. The van der Waals surface area contributed by atoms with Crippen LogP contribution in [0.2, 0.25) is 0 Å². The molecular weight excluding hydrogens is 184 g/mol. The number of hydrogen-bond acceptors (Lipinski definition) is 2. The van der Waals surface area contributed by atoms with Gasteiger partial charge in [-0.05, 0) is 44.8 Å². The van der Waals surface area contributed by atoms with Gasteiger partial charge in [0.25, 0.3) is 0 Å². The second-order valence-electron chi connectivity index (χ2n) is 5.27. The van der Waals surface area contributed by atoms with Crippen molar-refractivity contribution in [3.05, 3.63) is 0 Å². The molecule has 2 heterocycles. The van der Waals surface area contributed by atoms with Crippen LogP contribution in [-0.4, -0.2) is 49.1 Å². The fourth-order valence-electron chi connectivity index (χ4n) is 2.92. The van der Waals surface area contributed by atoms with E-state index in [0.29, 0.717) is 0 Å². The molecule has 2 fully saturated rings. The lowest BCUT2D eigenvalue weighted by Crippen LogP contribution is -2.37. The normalized spacial score (nSPS) is 29.8. The van der Waals surface area contributed by atoms with Gasteiger partial charge < -0.3 is 9.80 Å². The molecule has 88 valence electrons. The van der Waals surface area contributed by atoms with Crippen molar-refractivity contribution in [2.75, 3.05) is 39.3 Å². The second kappa shape index (κ2) is 5.86. The van der Waals surface area contributed by atoms with Gasteiger partial charge >= 0.3 is 0 Å². The highest BCUT2D eigenvalue weighted by molar-refractivity contribution is 4.76. The van der Waals surface area contributed by atoms with Crippen LogP contribution in [0.5, 0.6) is 0 Å². The highest BCUT2D eigenvalue weighted by Gasteiger charge is 2.21. The summed E-state index contributed by atoms with van der Waals surface area (Å²) in [5.41, 5.74) is 0. The van der Waals surface area contributed by atoms with Crippen molar-refractivity contribution in [2.24, 2.45) is 5.92 Å². The number of rotatable bonds is 4. The molecule has 0 aromatic heterocycles. The standard InChI is InChI=1S/C13H26N2/c1-2-13-6-9-15(12-13)11-10-14-7-4-3-5-8-14/h13H,2-12H2,1H3/t13-/m1/s1. The highest BCUT2D eigenvalue weighted by Crippen LogP contribution is 2.18. The molecule has 2 rings (SSSR count). The van der Waals surface area contributed by atoms with Crippen LogP contribution in [0.15, 0.2) is 0 Å². The summed E-state index contributed by atoms with van der Waals surface area (Å²) >= 11 is 0. The van der Waals surface area contributed by atoms with E-state index >= 15 is 0 Å². The van der Waals surface area contributed by atoms with Gasteiger partial charge in [-0.3, -0.25) is 0 Å². The molecule has 0 unspecified atom stereocenters. The van der Waals surface area contributed by atoms with Crippen molar-refractivity contribution < 1.29 is 0 Å². The average Bonchev–Trinajstić information content (AvgIpc) is 2.76. The van der Waals surface area contributed by atoms with Gasteiger partial charge in [0.05, 0.1) is 0 Å². The maximum absolute atomic E-state index is 2.67. The average molecular weight is 210 g/mol. The van der Waals surface area contributed by atoms with Crippen molar-refractivity contribution in [1.29, 1.82) is 0 Å². The van der Waals surface area contributed by atoms with E-state index in [1.807, 2.05) is 0 Å². The number of nitrogens with zero attached hydrogens (tertiary/aromatic N) is 2. The van der Waals surface area contributed by atoms with E-state index in [0.717, 1.165) is 5.92 Å². The van der Waals surface area contributed by atoms with Crippen LogP contribution in [0.25, 0.3) is 0 Å². The molecule has 1 atom stereocenters. The lowest BCUT2D eigenvalue weighted by atomic mass is 10.1. The minimum Gasteiger partial charge on any atom is -0.302 e. The molecule has 2 heteroatoms. The third-order valence-electron chi connectivity index (χ3n) is 4.13. The summed E-state index contributed by atoms with van der Waals surface area (Å²) in [5.74, 6) is 0.992. The van der Waals surface area contributed by atoms with Gasteiger partial charge in [-0.15, -0.1) is 0 Å². The molecule has 0 aromatic carbocycles. The van der Waals surface area contributed by atoms with E-state index in [4.69, 9.17) is 0 Å². The monoisotopic (exact) mass is 210 g/mol. The Bertz CT molecular complexity index is 175. The smallest absolute Gasteiger partial charge is 0.0109 e. The second-order valence-corrected chi connectivity index (χ2v) is 5.27. The van der Waals surface area contributed by atoms with Gasteiger partial charge in [-0.1, -0.05) is 19.8 Å². The third kappa shape index (κ3) is 3.46. The first-order valence-corrected chi connectivity index (χ1v) is 6.83. The quantitative estimate of drug-likeness (QED) is 0.702. The van der Waals surface area contributed by atoms with E-state index in [1.54, 1.807) is 0 Å². The van der Waals surface area contributed by atoms with Crippen LogP contribution < -0.4 is 0 Å². The number of hydrogen-bond donors (Lipinski definition) is 0. The Labute approximate surface area is 94.6 Å². The summed E-state index contributed by atoms with van der Waals surface area (Å²) in [4.78, 5) is 5.32. The van der Waals surface area contributed by atoms with Gasteiger partial charge in [-0.25, -0.2) is 0 Å². The first-order chi connectivity index (χ1) is 7.38. The van der Waals surface area contributed by atoms with E-state index < -0.39 is 0 Å². The van der Waals surface area contributed by atoms with Crippen LogP contribution >= 0.6 is 0 Å². The fourth-order valence-corrected chi connectivity index (χ4v) is 2.92. The van der Waals surface area contributed by atoms with E-state index in [9.17, 15) is 0 Å². The van der Waals surface area contributed by atoms with Crippen molar-refractivity contribution in [2.45, 2.75) is 39.0 Å². The molecule has 0 saturated carbocycles. The summed E-state index contributed by atoms with van der Waals surface area (Å²) in [6, 6.07) is 0. The molecule has 2 aliphatic heterocycles. The Morgan fingerprint density at radius 1 is 0.933 bits per heavy atom. The maximum Gasteiger partial charge on any atom is 0.0109 e. The van der Waals surface area contributed by atoms with Crippen LogP contribution in [-0.2, 0) is 0 Å². The minimum atomic E-state index is 0.992. The van der Waals surface area contributed by atoms with Gasteiger partial charge in [0.15, 0.2) is 0 Å². The largest absolute Gasteiger partial charge is 0.302 e. The van der Waals surface area contributed by atoms with Gasteiger partial charge in [0.1, 0.15) is 0 Å². The van der Waals surface area contributed by atoms with Crippen molar-refractivity contribution >= 4 is 0 Å². The Morgan fingerprint density at radius 2 is 1.67 bits per heavy atom. The third-order valence-corrected chi connectivity index (χ3v) is 4.13. The zero-order valence-electron chi connectivity index (χ0n) is 10.2. The first-order valence-electron chi connectivity index (χ1n) is 6.83. The Hall–Kier alpha value is -0.0800. The lowest BCUT2D eigenvalue weighted by molar-refractivity contribution is 0.194. The predicted octanol–water partition coefficient (Wildman–Crippen LogP) is 2.20. The number of likely N-dealkylation sites (tertiary alicyclic amines) is 2. The Morgan fingerprint density at radius 3 is 2.33 bits per heavy atom. The predicted molar refractivity (Wildman–Crippen MR) is 65.1 cm³/mol. The van der Waals surface area contributed by atoms with Crippen LogP contribution in [0, 0.1) is 5.92 Å². The van der Waals surface area contributed by atoms with Crippen LogP contribution in [0.1, 0.15) is 39.0 Å². The zero-order chi connectivity index (χ0) is 10.5. The minimum absolute atomic E-state index is 0.992. The summed E-state index contributed by atoms with van der Waals surface area (Å²) in [5, 5.41) is 0. The molecular formula is C13H26N2. The van der Waals surface area contributed by atoms with Crippen molar-refractivity contribution in [3.63, 3.8) is 0 Å². The molecule has 2 nitrogen and oxygen atoms in total. The van der Waals surface area contributed by atoms with Crippen molar-refractivity contribution in [1.82, 2.24) is 9.80 Å². The summed E-state index contributed by atoms with van der Waals surface area (Å²) in [6.07, 6.45) is 7.13. The molecule has 0 bridgehead atoms. The molecule has 0 amide bonds. The highest BCUT2D eigenvalue weighted by atomic mass is 15.2. The summed E-state index contributed by atoms with van der Waals surface area (Å²) < 4.78 is 0. The SMILES string of the molecule is CC[C@@H]1CCN(CCN2CCCCC2)C1. The Balaban J connectivity index is 1.61. The van der Waals surface area contributed by atoms with E-state index in [-0.39, 0.29) is 0 Å². The van der Waals surface area contributed by atoms with Gasteiger partial charge in [0, 0.05) is 19.6 Å². The molecule has 2 aliphatic rings. The van der Waals surface area contributed by atoms with Gasteiger partial charge in [-0.2, -0.15) is 0 Å². The summed E-state index contributed by atoms with van der Waals surface area (Å²) in [7, 11) is 0. The molecule has 0 spiro atoms. The fraction of sp³-hybridized carbons (Fsp3) is 1.00. The maximum atomic E-state index is 2.67. The molecule has 2 saturated heterocycles. The number of piperidine rings is 1. The van der Waals surface area contributed by atoms with Crippen LogP contribution in [0.4, 0.5) is 0 Å². The topological polar surface area (TPSA) is 6.48 Å². The first kappa shape index (κ1) is 11.4. The molecule has 0 radical (unpaired) electrons. The van der Waals surface area contributed by atoms with E-state index in [2.05, 4.69) is 16.7 Å². The molecule has 0 N–H and O–H groups in total. The molecule has 0 aromatic rings. The van der Waals surface area contributed by atoms with E-state index in [1.165, 1.54) is 71.4 Å². The molecule has 0 aliphatic carbocycles. The van der Waals surface area contributed by atoms with Crippen LogP contribution in [0.3, 0.4) is 0 Å². The zero-order valence-corrected chi connectivity index (χ0v) is 10.2. The molecule has 15 heavy (non-hydrogen) atoms.